The van der Waals surface area contributed by atoms with Gasteiger partial charge in [-0.1, -0.05) is 36.4 Å². The van der Waals surface area contributed by atoms with Crippen molar-refractivity contribution in [1.29, 1.82) is 0 Å². The zero-order valence-electron chi connectivity index (χ0n) is 20.5. The molecule has 3 aromatic carbocycles. The van der Waals surface area contributed by atoms with E-state index in [1.165, 1.54) is 12.1 Å². The van der Waals surface area contributed by atoms with Gasteiger partial charge in [0.25, 0.3) is 0 Å². The highest BCUT2D eigenvalue weighted by Crippen LogP contribution is 2.33. The molecule has 1 unspecified atom stereocenters. The molecule has 0 saturated carbocycles. The number of fused-ring (bicyclic) bond motifs is 2. The summed E-state index contributed by atoms with van der Waals surface area (Å²) in [6.45, 7) is 0.720. The number of rotatable bonds is 7. The van der Waals surface area contributed by atoms with Crippen LogP contribution < -0.4 is 18.9 Å². The van der Waals surface area contributed by atoms with Gasteiger partial charge in [0.2, 0.25) is 26.0 Å². The van der Waals surface area contributed by atoms with Gasteiger partial charge in [-0.05, 0) is 41.8 Å². The number of nitrogens with zero attached hydrogens (tertiary/aromatic N) is 1. The highest BCUT2D eigenvalue weighted by molar-refractivity contribution is 7.90. The van der Waals surface area contributed by atoms with Crippen LogP contribution >= 0.6 is 0 Å². The number of carbonyl (C=O) groups is 1. The number of aromatic nitrogens is 2. The number of para-hydroxylation sites is 2. The largest absolute Gasteiger partial charge is 0.486 e. The first-order valence-corrected chi connectivity index (χ1v) is 15.2. The van der Waals surface area contributed by atoms with Gasteiger partial charge in [0.15, 0.2) is 11.5 Å². The minimum Gasteiger partial charge on any atom is -0.486 e. The Balaban J connectivity index is 1.31. The molecule has 1 amide bonds. The second-order valence-electron chi connectivity index (χ2n) is 9.33. The topological polar surface area (TPSA) is 157 Å². The van der Waals surface area contributed by atoms with Crippen LogP contribution in [0.25, 0.3) is 11.0 Å². The number of aromatic amines is 1. The van der Waals surface area contributed by atoms with Crippen molar-refractivity contribution >= 4 is 37.0 Å². The zero-order chi connectivity index (χ0) is 27.2. The van der Waals surface area contributed by atoms with Gasteiger partial charge in [-0.3, -0.25) is 9.52 Å². The average Bonchev–Trinajstić information content (AvgIpc) is 3.47. The summed E-state index contributed by atoms with van der Waals surface area (Å²) in [7, 11) is -7.78. The lowest BCUT2D eigenvalue weighted by Gasteiger charge is -2.20. The molecule has 2 atom stereocenters. The smallest absolute Gasteiger partial charge is 0.242 e. The molecule has 0 radical (unpaired) electrons. The van der Waals surface area contributed by atoms with Gasteiger partial charge in [0, 0.05) is 6.07 Å². The Bertz CT molecular complexity index is 1750. The number of hydrogen-bond acceptors (Lipinski definition) is 8. The van der Waals surface area contributed by atoms with E-state index in [9.17, 15) is 21.6 Å². The normalized spacial score (nSPS) is 19.1. The highest BCUT2D eigenvalue weighted by atomic mass is 32.2. The van der Waals surface area contributed by atoms with Crippen LogP contribution in [0, 0.1) is 0 Å². The molecule has 0 spiro atoms. The molecule has 6 rings (SSSR count). The number of carbonyl (C=O) groups excluding carboxylic acids is 1. The highest BCUT2D eigenvalue weighted by Gasteiger charge is 2.37. The monoisotopic (exact) mass is 568 g/mol. The number of ether oxygens (including phenoxy) is 2. The van der Waals surface area contributed by atoms with Gasteiger partial charge < -0.3 is 14.5 Å². The van der Waals surface area contributed by atoms with Crippen molar-refractivity contribution in [3.63, 3.8) is 0 Å². The number of amides is 1. The third kappa shape index (κ3) is 5.07. The summed E-state index contributed by atoms with van der Waals surface area (Å²) in [6.07, 6.45) is 0.0805. The summed E-state index contributed by atoms with van der Waals surface area (Å²) in [5.74, 6) is 0.724. The third-order valence-corrected chi connectivity index (χ3v) is 9.82. The fourth-order valence-corrected chi connectivity index (χ4v) is 7.37. The molecule has 1 fully saturated rings. The molecule has 1 saturated heterocycles. The van der Waals surface area contributed by atoms with Crippen LogP contribution in [0.5, 0.6) is 11.5 Å². The van der Waals surface area contributed by atoms with Crippen molar-refractivity contribution < 1.29 is 31.1 Å². The van der Waals surface area contributed by atoms with Crippen molar-refractivity contribution in [3.05, 3.63) is 83.7 Å². The molecule has 2 aliphatic rings. The van der Waals surface area contributed by atoms with Crippen molar-refractivity contribution in [2.24, 2.45) is 0 Å². The number of imidazole rings is 1. The lowest BCUT2D eigenvalue weighted by Crippen LogP contribution is -2.31. The standard InChI is InChI=1S/C26H24N4O7S2/c31-25-15-24(39(34,35)30-25)17-7-5-16(6-8-17)13-21(26-27-19-3-1-2-4-20(19)28-26)29-38(32,33)18-9-10-22-23(14-18)37-12-11-36-22/h1-10,14,21,24,29H,11-13,15H2,(H,27,28)(H,30,31)/t21-,24?/m0/s1. The minimum absolute atomic E-state index is 0.0202. The Morgan fingerprint density at radius 3 is 2.46 bits per heavy atom. The van der Waals surface area contributed by atoms with Crippen LogP contribution in [0.3, 0.4) is 0 Å². The maximum Gasteiger partial charge on any atom is 0.242 e. The molecule has 3 heterocycles. The molecule has 13 heteroatoms. The summed E-state index contributed by atoms with van der Waals surface area (Å²) in [4.78, 5) is 19.5. The van der Waals surface area contributed by atoms with E-state index in [0.717, 1.165) is 11.1 Å². The second-order valence-corrected chi connectivity index (χ2v) is 12.9. The number of hydrogen-bond donors (Lipinski definition) is 3. The molecular formula is C26H24N4O7S2. The van der Waals surface area contributed by atoms with Gasteiger partial charge in [-0.15, -0.1) is 0 Å². The van der Waals surface area contributed by atoms with E-state index in [1.54, 1.807) is 30.3 Å². The van der Waals surface area contributed by atoms with E-state index in [0.29, 0.717) is 41.6 Å². The van der Waals surface area contributed by atoms with Crippen LogP contribution in [-0.4, -0.2) is 45.9 Å². The third-order valence-electron chi connectivity index (χ3n) is 6.65. The van der Waals surface area contributed by atoms with E-state index in [-0.39, 0.29) is 17.7 Å². The Labute approximate surface area is 224 Å². The van der Waals surface area contributed by atoms with Gasteiger partial charge in [-0.2, -0.15) is 0 Å². The first kappa shape index (κ1) is 25.3. The quantitative estimate of drug-likeness (QED) is 0.307. The fourth-order valence-electron chi connectivity index (χ4n) is 4.73. The number of sulfonamides is 2. The maximum absolute atomic E-state index is 13.5. The van der Waals surface area contributed by atoms with Crippen LogP contribution in [0.4, 0.5) is 0 Å². The molecule has 11 nitrogen and oxygen atoms in total. The fraction of sp³-hybridized carbons (Fsp3) is 0.231. The summed E-state index contributed by atoms with van der Waals surface area (Å²) in [5, 5.41) is -0.959. The average molecular weight is 569 g/mol. The van der Waals surface area contributed by atoms with Gasteiger partial charge in [-0.25, -0.2) is 26.5 Å². The summed E-state index contributed by atoms with van der Waals surface area (Å²) in [6, 6.07) is 17.8. The molecule has 202 valence electrons. The summed E-state index contributed by atoms with van der Waals surface area (Å²) >= 11 is 0. The van der Waals surface area contributed by atoms with E-state index < -0.39 is 37.2 Å². The van der Waals surface area contributed by atoms with Crippen LogP contribution in [0.2, 0.25) is 0 Å². The van der Waals surface area contributed by atoms with E-state index in [4.69, 9.17) is 9.47 Å². The van der Waals surface area contributed by atoms with Crippen LogP contribution in [-0.2, 0) is 31.3 Å². The summed E-state index contributed by atoms with van der Waals surface area (Å²) in [5.41, 5.74) is 2.67. The van der Waals surface area contributed by atoms with Crippen LogP contribution in [0.15, 0.2) is 71.6 Å². The zero-order valence-corrected chi connectivity index (χ0v) is 22.1. The molecule has 0 aliphatic carbocycles. The molecule has 2 aliphatic heterocycles. The number of benzene rings is 3. The van der Waals surface area contributed by atoms with Crippen molar-refractivity contribution in [3.8, 4) is 11.5 Å². The Morgan fingerprint density at radius 2 is 1.74 bits per heavy atom. The van der Waals surface area contributed by atoms with E-state index >= 15 is 0 Å². The molecular weight excluding hydrogens is 544 g/mol. The van der Waals surface area contributed by atoms with Crippen molar-refractivity contribution in [2.75, 3.05) is 13.2 Å². The predicted octanol–water partition coefficient (Wildman–Crippen LogP) is 2.49. The maximum atomic E-state index is 13.5. The second kappa shape index (κ2) is 9.67. The Kier molecular flexibility index (Phi) is 6.28. The predicted molar refractivity (Wildman–Crippen MR) is 141 cm³/mol. The molecule has 0 bridgehead atoms. The molecule has 3 N–H and O–H groups in total. The van der Waals surface area contributed by atoms with Gasteiger partial charge in [0.1, 0.15) is 24.3 Å². The first-order valence-electron chi connectivity index (χ1n) is 12.2. The van der Waals surface area contributed by atoms with Crippen molar-refractivity contribution in [2.45, 2.75) is 29.0 Å². The van der Waals surface area contributed by atoms with Gasteiger partial charge >= 0.3 is 0 Å². The molecule has 4 aromatic rings. The lowest BCUT2D eigenvalue weighted by atomic mass is 10.0. The van der Waals surface area contributed by atoms with Crippen molar-refractivity contribution in [1.82, 2.24) is 19.4 Å². The van der Waals surface area contributed by atoms with E-state index in [2.05, 4.69) is 14.7 Å². The number of H-pyrrole nitrogens is 1. The number of nitrogens with one attached hydrogen (secondary N) is 3. The van der Waals surface area contributed by atoms with Gasteiger partial charge in [0.05, 0.1) is 28.4 Å². The molecule has 1 aromatic heterocycles. The summed E-state index contributed by atoms with van der Waals surface area (Å²) < 4.78 is 67.3. The lowest BCUT2D eigenvalue weighted by molar-refractivity contribution is -0.118. The minimum atomic E-state index is -4.01. The molecule has 39 heavy (non-hydrogen) atoms. The Morgan fingerprint density at radius 1 is 1.00 bits per heavy atom. The SMILES string of the molecule is O=C1CC(c2ccc(C[C@H](NS(=O)(=O)c3ccc4c(c3)OCCO4)c3nc4ccccc4[nH]3)cc2)S(=O)(=O)N1. The Hall–Kier alpha value is -3.94. The van der Waals surface area contributed by atoms with E-state index in [1.807, 2.05) is 29.0 Å². The first-order chi connectivity index (χ1) is 18.7. The van der Waals surface area contributed by atoms with Crippen LogP contribution in [0.1, 0.15) is 34.7 Å².